The van der Waals surface area contributed by atoms with Gasteiger partial charge < -0.3 is 4.42 Å². The maximum atomic E-state index is 12.4. The molecule has 20 heavy (non-hydrogen) atoms. The van der Waals surface area contributed by atoms with Gasteiger partial charge in [-0.2, -0.15) is 0 Å². The van der Waals surface area contributed by atoms with Crippen LogP contribution in [0.3, 0.4) is 0 Å². The van der Waals surface area contributed by atoms with Gasteiger partial charge in [0.1, 0.15) is 11.8 Å². The topological polar surface area (TPSA) is 47.5 Å². The van der Waals surface area contributed by atoms with E-state index in [1.807, 2.05) is 46.4 Å². The van der Waals surface area contributed by atoms with Gasteiger partial charge in [0.25, 0.3) is 0 Å². The van der Waals surface area contributed by atoms with Crippen LogP contribution in [-0.2, 0) is 6.42 Å². The Balaban J connectivity index is 1.68. The van der Waals surface area contributed by atoms with Gasteiger partial charge in [-0.25, -0.2) is 4.98 Å². The lowest BCUT2D eigenvalue weighted by Crippen LogP contribution is -2.02. The fraction of sp³-hybridized carbons (Fsp3) is 0.0667. The number of carbonyl (C=O) groups is 1. The molecular formula is C15H10N2O2S. The van der Waals surface area contributed by atoms with E-state index in [1.165, 1.54) is 6.26 Å². The van der Waals surface area contributed by atoms with Crippen molar-refractivity contribution >= 4 is 33.1 Å². The molecule has 0 N–H and O–H groups in total. The van der Waals surface area contributed by atoms with E-state index in [2.05, 4.69) is 4.98 Å². The van der Waals surface area contributed by atoms with E-state index >= 15 is 0 Å². The third kappa shape index (κ3) is 1.75. The van der Waals surface area contributed by atoms with Gasteiger partial charge in [0.15, 0.2) is 10.7 Å². The minimum Gasteiger partial charge on any atom is -0.464 e. The molecule has 0 atom stereocenters. The van der Waals surface area contributed by atoms with Gasteiger partial charge in [-0.1, -0.05) is 18.2 Å². The molecule has 3 aromatic heterocycles. The first-order valence-corrected chi connectivity index (χ1v) is 7.10. The summed E-state index contributed by atoms with van der Waals surface area (Å²) in [6, 6.07) is 7.56. The van der Waals surface area contributed by atoms with Crippen molar-refractivity contribution in [1.29, 1.82) is 0 Å². The molecule has 4 nitrogen and oxygen atoms in total. The van der Waals surface area contributed by atoms with Crippen LogP contribution in [0.25, 0.3) is 15.9 Å². The predicted molar refractivity (Wildman–Crippen MR) is 77.3 cm³/mol. The number of para-hydroxylation sites is 1. The number of nitrogens with zero attached hydrogens (tertiary/aromatic N) is 2. The number of fused-ring (bicyclic) bond motifs is 2. The van der Waals surface area contributed by atoms with Gasteiger partial charge in [-0.05, 0) is 6.07 Å². The lowest BCUT2D eigenvalue weighted by molar-refractivity contribution is 0.0993. The molecule has 0 aliphatic rings. The van der Waals surface area contributed by atoms with Crippen molar-refractivity contribution in [3.8, 4) is 0 Å². The fourth-order valence-electron chi connectivity index (χ4n) is 2.31. The number of hydrogen-bond acceptors (Lipinski definition) is 4. The second-order valence-corrected chi connectivity index (χ2v) is 5.44. The Hall–Kier alpha value is -2.40. The maximum absolute atomic E-state index is 12.4. The summed E-state index contributed by atoms with van der Waals surface area (Å²) in [5.74, 6) is 0.0284. The number of imidazole rings is 1. The Morgan fingerprint density at radius 2 is 2.25 bits per heavy atom. The van der Waals surface area contributed by atoms with Crippen molar-refractivity contribution < 1.29 is 9.21 Å². The van der Waals surface area contributed by atoms with Crippen molar-refractivity contribution in [3.05, 3.63) is 59.6 Å². The van der Waals surface area contributed by atoms with Gasteiger partial charge in [0, 0.05) is 23.2 Å². The van der Waals surface area contributed by atoms with Crippen LogP contribution in [0.15, 0.2) is 52.7 Å². The number of hydrogen-bond donors (Lipinski definition) is 0. The molecule has 0 amide bonds. The Morgan fingerprint density at radius 1 is 1.35 bits per heavy atom. The van der Waals surface area contributed by atoms with E-state index in [0.717, 1.165) is 21.6 Å². The van der Waals surface area contributed by atoms with Crippen molar-refractivity contribution in [3.63, 3.8) is 0 Å². The highest BCUT2D eigenvalue weighted by atomic mass is 32.1. The van der Waals surface area contributed by atoms with Gasteiger partial charge in [-0.3, -0.25) is 9.20 Å². The Kier molecular flexibility index (Phi) is 2.47. The van der Waals surface area contributed by atoms with E-state index in [-0.39, 0.29) is 12.2 Å². The van der Waals surface area contributed by atoms with Gasteiger partial charge in [0.05, 0.1) is 17.7 Å². The van der Waals surface area contributed by atoms with E-state index in [0.29, 0.717) is 5.56 Å². The highest BCUT2D eigenvalue weighted by Crippen LogP contribution is 2.22. The normalized spacial score (nSPS) is 11.4. The van der Waals surface area contributed by atoms with E-state index < -0.39 is 0 Å². The molecule has 4 aromatic rings. The van der Waals surface area contributed by atoms with E-state index in [4.69, 9.17) is 4.42 Å². The summed E-state index contributed by atoms with van der Waals surface area (Å²) in [5, 5.41) is 2.83. The minimum absolute atomic E-state index is 0.0284. The summed E-state index contributed by atoms with van der Waals surface area (Å²) < 4.78 is 7.34. The maximum Gasteiger partial charge on any atom is 0.193 e. The minimum atomic E-state index is 0.0284. The third-order valence-corrected chi connectivity index (χ3v) is 4.04. The Labute approximate surface area is 118 Å². The molecule has 4 rings (SSSR count). The van der Waals surface area contributed by atoms with E-state index in [9.17, 15) is 4.79 Å². The van der Waals surface area contributed by atoms with Crippen LogP contribution in [0, 0.1) is 0 Å². The van der Waals surface area contributed by atoms with Crippen molar-refractivity contribution in [2.24, 2.45) is 0 Å². The number of furan rings is 1. The average Bonchev–Trinajstić information content (AvgIpc) is 3.10. The zero-order valence-corrected chi connectivity index (χ0v) is 11.3. The molecule has 0 aliphatic carbocycles. The lowest BCUT2D eigenvalue weighted by Gasteiger charge is -1.95. The molecule has 0 spiro atoms. The molecule has 0 unspecified atom stereocenters. The van der Waals surface area contributed by atoms with Gasteiger partial charge in [0.2, 0.25) is 0 Å². The monoisotopic (exact) mass is 282 g/mol. The first-order chi connectivity index (χ1) is 9.81. The number of ketones is 1. The van der Waals surface area contributed by atoms with Crippen LogP contribution >= 0.6 is 11.3 Å². The molecule has 0 bridgehead atoms. The number of thiazole rings is 1. The summed E-state index contributed by atoms with van der Waals surface area (Å²) in [4.78, 5) is 17.7. The number of benzene rings is 1. The van der Waals surface area contributed by atoms with Crippen LogP contribution in [-0.4, -0.2) is 15.2 Å². The van der Waals surface area contributed by atoms with Crippen molar-refractivity contribution in [2.45, 2.75) is 6.42 Å². The van der Waals surface area contributed by atoms with Crippen molar-refractivity contribution in [1.82, 2.24) is 9.38 Å². The largest absolute Gasteiger partial charge is 0.464 e. The fourth-order valence-corrected chi connectivity index (χ4v) is 3.03. The Bertz CT molecular complexity index is 888. The molecule has 1 aromatic carbocycles. The second kappa shape index (κ2) is 4.31. The van der Waals surface area contributed by atoms with Crippen LogP contribution in [0.4, 0.5) is 0 Å². The molecule has 0 radical (unpaired) electrons. The second-order valence-electron chi connectivity index (χ2n) is 4.57. The molecule has 5 heteroatoms. The standard InChI is InChI=1S/C15H10N2O2S/c18-13(7-10-8-17-5-6-20-15(17)16-10)12-9-19-14-4-2-1-3-11(12)14/h1-6,8-9H,7H2. The number of carbonyl (C=O) groups excluding carboxylic acids is 1. The zero-order valence-electron chi connectivity index (χ0n) is 10.4. The molecule has 3 heterocycles. The zero-order chi connectivity index (χ0) is 13.5. The SMILES string of the molecule is O=C(Cc1cn2ccsc2n1)c1coc2ccccc12. The molecule has 0 saturated heterocycles. The Morgan fingerprint density at radius 3 is 3.15 bits per heavy atom. The van der Waals surface area contributed by atoms with Crippen molar-refractivity contribution in [2.75, 3.05) is 0 Å². The molecular weight excluding hydrogens is 272 g/mol. The number of aromatic nitrogens is 2. The average molecular weight is 282 g/mol. The quantitative estimate of drug-likeness (QED) is 0.540. The molecule has 0 saturated carbocycles. The summed E-state index contributed by atoms with van der Waals surface area (Å²) in [7, 11) is 0. The molecule has 0 aliphatic heterocycles. The van der Waals surface area contributed by atoms with Crippen LogP contribution < -0.4 is 0 Å². The van der Waals surface area contributed by atoms with Gasteiger partial charge in [-0.15, -0.1) is 11.3 Å². The predicted octanol–water partition coefficient (Wildman–Crippen LogP) is 3.57. The number of rotatable bonds is 3. The molecule has 0 fully saturated rings. The highest BCUT2D eigenvalue weighted by Gasteiger charge is 2.15. The van der Waals surface area contributed by atoms with E-state index in [1.54, 1.807) is 11.3 Å². The summed E-state index contributed by atoms with van der Waals surface area (Å²) in [6.45, 7) is 0. The number of Topliss-reactive ketones (excluding diaryl/α,β-unsaturated/α-hetero) is 1. The molecule has 98 valence electrons. The first kappa shape index (κ1) is 11.4. The van der Waals surface area contributed by atoms with Crippen LogP contribution in [0.2, 0.25) is 0 Å². The smallest absolute Gasteiger partial charge is 0.193 e. The summed E-state index contributed by atoms with van der Waals surface area (Å²) in [5.41, 5.74) is 2.14. The van der Waals surface area contributed by atoms with Crippen LogP contribution in [0.1, 0.15) is 16.1 Å². The first-order valence-electron chi connectivity index (χ1n) is 6.22. The third-order valence-electron chi connectivity index (χ3n) is 3.27. The van der Waals surface area contributed by atoms with Gasteiger partial charge >= 0.3 is 0 Å². The highest BCUT2D eigenvalue weighted by molar-refractivity contribution is 7.15. The van der Waals surface area contributed by atoms with Crippen LogP contribution in [0.5, 0.6) is 0 Å². The lowest BCUT2D eigenvalue weighted by atomic mass is 10.1. The summed E-state index contributed by atoms with van der Waals surface area (Å²) >= 11 is 1.56. The summed E-state index contributed by atoms with van der Waals surface area (Å²) in [6.07, 6.45) is 5.66.